The molecule has 0 aromatic rings. The van der Waals surface area contributed by atoms with Crippen LogP contribution in [0.1, 0.15) is 27.2 Å². The lowest BCUT2D eigenvalue weighted by Crippen LogP contribution is -2.24. The van der Waals surface area contributed by atoms with E-state index in [1.807, 2.05) is 0 Å². The minimum absolute atomic E-state index is 0.142. The molecule has 0 N–H and O–H groups in total. The van der Waals surface area contributed by atoms with Crippen LogP contribution >= 0.6 is 0 Å². The average molecular weight is 252 g/mol. The zero-order valence-corrected chi connectivity index (χ0v) is 12.1. The van der Waals surface area contributed by atoms with Crippen LogP contribution < -0.4 is 0 Å². The molecule has 19 heavy (non-hydrogen) atoms. The standard InChI is InChI=1S/C18H22N/c1-14-5-4-6-16-15(13-14)8-11-19-12-10-18(2,3)9-7-17(16)19/h4-7,9-10,12-14H,8,11H2,1-3H3/q+1. The van der Waals surface area contributed by atoms with Gasteiger partial charge in [-0.2, -0.15) is 4.58 Å². The van der Waals surface area contributed by atoms with Crippen LogP contribution in [0.3, 0.4) is 0 Å². The molecule has 1 nitrogen and oxygen atoms in total. The van der Waals surface area contributed by atoms with Crippen LogP contribution in [0.15, 0.2) is 59.9 Å². The van der Waals surface area contributed by atoms with E-state index in [2.05, 4.69) is 74.1 Å². The molecule has 0 aromatic carbocycles. The summed E-state index contributed by atoms with van der Waals surface area (Å²) in [7, 11) is 0. The highest BCUT2D eigenvalue weighted by molar-refractivity contribution is 6.09. The highest BCUT2D eigenvalue weighted by Gasteiger charge is 2.28. The summed E-state index contributed by atoms with van der Waals surface area (Å²) < 4.78 is 2.39. The number of allylic oxidation sites excluding steroid dienone is 8. The molecule has 1 aliphatic carbocycles. The molecule has 0 aromatic heterocycles. The van der Waals surface area contributed by atoms with Crippen molar-refractivity contribution in [2.75, 3.05) is 6.54 Å². The Bertz CT molecular complexity index is 577. The molecule has 3 rings (SSSR count). The van der Waals surface area contributed by atoms with Crippen molar-refractivity contribution in [1.29, 1.82) is 0 Å². The van der Waals surface area contributed by atoms with Crippen molar-refractivity contribution in [1.82, 2.24) is 0 Å². The fourth-order valence-electron chi connectivity index (χ4n) is 2.85. The molecule has 1 unspecified atom stereocenters. The third kappa shape index (κ3) is 2.42. The summed E-state index contributed by atoms with van der Waals surface area (Å²) in [6, 6.07) is 0. The zero-order chi connectivity index (χ0) is 13.5. The molecular formula is C18H22N+. The second-order valence-electron chi connectivity index (χ2n) is 6.32. The van der Waals surface area contributed by atoms with Crippen LogP contribution in [-0.2, 0) is 0 Å². The van der Waals surface area contributed by atoms with Gasteiger partial charge in [-0.1, -0.05) is 45.1 Å². The first kappa shape index (κ1) is 12.4. The summed E-state index contributed by atoms with van der Waals surface area (Å²) >= 11 is 0. The average Bonchev–Trinajstić information content (AvgIpc) is 2.63. The van der Waals surface area contributed by atoms with E-state index in [1.54, 1.807) is 0 Å². The molecule has 2 aliphatic heterocycles. The van der Waals surface area contributed by atoms with Crippen LogP contribution in [0.25, 0.3) is 0 Å². The molecule has 0 saturated carbocycles. The lowest BCUT2D eigenvalue weighted by Gasteiger charge is -2.16. The van der Waals surface area contributed by atoms with Crippen LogP contribution in [0.4, 0.5) is 0 Å². The lowest BCUT2D eigenvalue weighted by molar-refractivity contribution is -0.457. The van der Waals surface area contributed by atoms with Gasteiger partial charge in [0.05, 0.1) is 0 Å². The predicted molar refractivity (Wildman–Crippen MR) is 81.3 cm³/mol. The maximum Gasteiger partial charge on any atom is 0.212 e. The third-order valence-corrected chi connectivity index (χ3v) is 4.05. The summed E-state index contributed by atoms with van der Waals surface area (Å²) in [4.78, 5) is 0. The van der Waals surface area contributed by atoms with E-state index >= 15 is 0 Å². The van der Waals surface area contributed by atoms with Gasteiger partial charge in [-0.25, -0.2) is 0 Å². The normalized spacial score (nSPS) is 28.1. The smallest absolute Gasteiger partial charge is 0.198 e. The van der Waals surface area contributed by atoms with E-state index in [4.69, 9.17) is 0 Å². The van der Waals surface area contributed by atoms with E-state index in [0.29, 0.717) is 5.92 Å². The molecule has 98 valence electrons. The maximum atomic E-state index is 2.41. The van der Waals surface area contributed by atoms with E-state index in [1.165, 1.54) is 16.9 Å². The maximum absolute atomic E-state index is 2.41. The van der Waals surface area contributed by atoms with Crippen LogP contribution in [-0.4, -0.2) is 16.8 Å². The topological polar surface area (TPSA) is 3.01 Å². The molecule has 3 aliphatic rings. The summed E-state index contributed by atoms with van der Waals surface area (Å²) in [5, 5.41) is 0. The van der Waals surface area contributed by atoms with Gasteiger partial charge in [-0.3, -0.25) is 0 Å². The molecule has 0 bridgehead atoms. The van der Waals surface area contributed by atoms with Gasteiger partial charge in [0, 0.05) is 23.5 Å². The summed E-state index contributed by atoms with van der Waals surface area (Å²) in [5.41, 5.74) is 4.38. The van der Waals surface area contributed by atoms with Crippen LogP contribution in [0.5, 0.6) is 0 Å². The first-order valence-corrected chi connectivity index (χ1v) is 7.17. The van der Waals surface area contributed by atoms with Gasteiger partial charge in [-0.05, 0) is 23.6 Å². The Kier molecular flexibility index (Phi) is 2.93. The summed E-state index contributed by atoms with van der Waals surface area (Å²) in [6.07, 6.45) is 19.4. The molecular weight excluding hydrogens is 230 g/mol. The van der Waals surface area contributed by atoms with Crippen molar-refractivity contribution in [3.8, 4) is 0 Å². The Morgan fingerprint density at radius 1 is 1.26 bits per heavy atom. The Morgan fingerprint density at radius 2 is 2.11 bits per heavy atom. The third-order valence-electron chi connectivity index (χ3n) is 4.05. The van der Waals surface area contributed by atoms with Gasteiger partial charge in [0.2, 0.25) is 5.71 Å². The molecule has 0 saturated heterocycles. The van der Waals surface area contributed by atoms with E-state index < -0.39 is 0 Å². The fraction of sp³-hybridized carbons (Fsp3) is 0.389. The van der Waals surface area contributed by atoms with Gasteiger partial charge >= 0.3 is 0 Å². The number of hydrogen-bond donors (Lipinski definition) is 0. The monoisotopic (exact) mass is 252 g/mol. The Hall–Kier alpha value is -1.63. The number of fused-ring (bicyclic) bond motifs is 2. The first-order valence-electron chi connectivity index (χ1n) is 7.17. The van der Waals surface area contributed by atoms with E-state index in [9.17, 15) is 0 Å². The SMILES string of the molecule is CC1C=CC=C2C(=C1)CC[N+]1=C2C=CC(C)(C)C=C1. The summed E-state index contributed by atoms with van der Waals surface area (Å²) in [6.45, 7) is 7.84. The van der Waals surface area contributed by atoms with E-state index in [0.717, 1.165) is 13.0 Å². The van der Waals surface area contributed by atoms with Crippen molar-refractivity contribution in [3.63, 3.8) is 0 Å². The highest BCUT2D eigenvalue weighted by atomic mass is 15.0. The lowest BCUT2D eigenvalue weighted by atomic mass is 9.90. The van der Waals surface area contributed by atoms with Gasteiger partial charge < -0.3 is 0 Å². The molecule has 0 fully saturated rings. The molecule has 0 spiro atoms. The quantitative estimate of drug-likeness (QED) is 0.573. The van der Waals surface area contributed by atoms with Gasteiger partial charge in [0.25, 0.3) is 0 Å². The minimum atomic E-state index is 0.142. The van der Waals surface area contributed by atoms with E-state index in [-0.39, 0.29) is 5.41 Å². The van der Waals surface area contributed by atoms with Gasteiger partial charge in [0.1, 0.15) is 0 Å². The Morgan fingerprint density at radius 3 is 2.95 bits per heavy atom. The number of hydrogen-bond acceptors (Lipinski definition) is 0. The first-order chi connectivity index (χ1) is 9.05. The Labute approximate surface area is 116 Å². The highest BCUT2D eigenvalue weighted by Crippen LogP contribution is 2.29. The molecule has 0 radical (unpaired) electrons. The van der Waals surface area contributed by atoms with Crippen molar-refractivity contribution in [2.24, 2.45) is 11.3 Å². The van der Waals surface area contributed by atoms with Crippen LogP contribution in [0.2, 0.25) is 0 Å². The van der Waals surface area contributed by atoms with Crippen molar-refractivity contribution < 1.29 is 4.58 Å². The fourth-order valence-corrected chi connectivity index (χ4v) is 2.85. The van der Waals surface area contributed by atoms with Crippen molar-refractivity contribution in [3.05, 3.63) is 59.9 Å². The van der Waals surface area contributed by atoms with Gasteiger partial charge in [-0.15, -0.1) is 0 Å². The summed E-state index contributed by atoms with van der Waals surface area (Å²) in [5.74, 6) is 0.539. The minimum Gasteiger partial charge on any atom is -0.198 e. The molecule has 0 amide bonds. The number of nitrogens with zero attached hydrogens (tertiary/aromatic N) is 1. The second-order valence-corrected chi connectivity index (χ2v) is 6.32. The predicted octanol–water partition coefficient (Wildman–Crippen LogP) is 4.01. The largest absolute Gasteiger partial charge is 0.212 e. The zero-order valence-electron chi connectivity index (χ0n) is 12.1. The Balaban J connectivity index is 2.09. The van der Waals surface area contributed by atoms with Crippen molar-refractivity contribution >= 4 is 5.71 Å². The molecule has 2 heterocycles. The second kappa shape index (κ2) is 4.48. The van der Waals surface area contributed by atoms with Crippen LogP contribution in [0, 0.1) is 11.3 Å². The van der Waals surface area contributed by atoms with Crippen molar-refractivity contribution in [2.45, 2.75) is 27.2 Å². The molecule has 1 heteroatoms. The number of rotatable bonds is 0. The molecule has 1 atom stereocenters. The van der Waals surface area contributed by atoms with Gasteiger partial charge in [0.15, 0.2) is 12.7 Å².